The molecule has 0 amide bonds. The third-order valence-electron chi connectivity index (χ3n) is 5.19. The second kappa shape index (κ2) is 7.47. The Hall–Kier alpha value is -2.95. The van der Waals surface area contributed by atoms with E-state index in [0.717, 1.165) is 0 Å². The predicted molar refractivity (Wildman–Crippen MR) is 124 cm³/mol. The van der Waals surface area contributed by atoms with Crippen molar-refractivity contribution in [2.75, 3.05) is 7.05 Å². The summed E-state index contributed by atoms with van der Waals surface area (Å²) in [5.74, 6) is 0. The SMILES string of the molecule is CN1C=CC(=C2C=C(c3cc[n+](C)cc3)C(c3cccs3)=C2c2cccs2)C=C1. The summed E-state index contributed by atoms with van der Waals surface area (Å²) in [5.41, 5.74) is 7.74. The third kappa shape index (κ3) is 3.35. The maximum Gasteiger partial charge on any atom is 0.169 e. The number of hydrogen-bond acceptors (Lipinski definition) is 3. The molecular weight excluding hydrogens is 392 g/mol. The van der Waals surface area contributed by atoms with E-state index in [4.69, 9.17) is 0 Å². The molecule has 0 N–H and O–H groups in total. The smallest absolute Gasteiger partial charge is 0.169 e. The summed E-state index contributed by atoms with van der Waals surface area (Å²) in [6.07, 6.45) is 15.3. The van der Waals surface area contributed by atoms with Crippen molar-refractivity contribution >= 4 is 39.4 Å². The topological polar surface area (TPSA) is 7.12 Å². The fourth-order valence-corrected chi connectivity index (χ4v) is 5.31. The summed E-state index contributed by atoms with van der Waals surface area (Å²) in [5, 5.41) is 4.33. The average Bonchev–Trinajstić information content (AvgIpc) is 3.48. The van der Waals surface area contributed by atoms with Crippen LogP contribution in [-0.4, -0.2) is 11.9 Å². The predicted octanol–water partition coefficient (Wildman–Crippen LogP) is 5.91. The van der Waals surface area contributed by atoms with E-state index in [2.05, 4.69) is 114 Å². The summed E-state index contributed by atoms with van der Waals surface area (Å²) in [6, 6.07) is 13.2. The number of aryl methyl sites for hydroxylation is 1. The number of nitrogens with zero attached hydrogens (tertiary/aromatic N) is 2. The van der Waals surface area contributed by atoms with Gasteiger partial charge in [0.1, 0.15) is 7.05 Å². The first-order valence-electron chi connectivity index (χ1n) is 9.53. The minimum atomic E-state index is 1.25. The van der Waals surface area contributed by atoms with Gasteiger partial charge in [0.05, 0.1) is 0 Å². The van der Waals surface area contributed by atoms with Gasteiger partial charge in [-0.25, -0.2) is 4.57 Å². The van der Waals surface area contributed by atoms with Crippen LogP contribution in [0.4, 0.5) is 0 Å². The third-order valence-corrected chi connectivity index (χ3v) is 6.97. The van der Waals surface area contributed by atoms with Crippen LogP contribution < -0.4 is 4.57 Å². The maximum atomic E-state index is 2.37. The standard InChI is InChI=1S/C25H21N2S2/c1-26-11-7-18(8-12-26)20-17-21(19-9-13-27(2)14-10-19)25(23-6-4-16-29-23)24(20)22-5-3-15-28-22/h3-17H,1-2H3/q+1. The molecule has 3 aromatic heterocycles. The van der Waals surface area contributed by atoms with Gasteiger partial charge in [0.25, 0.3) is 0 Å². The van der Waals surface area contributed by atoms with E-state index in [0.29, 0.717) is 0 Å². The van der Waals surface area contributed by atoms with Crippen LogP contribution in [0, 0.1) is 0 Å². The van der Waals surface area contributed by atoms with E-state index in [1.54, 1.807) is 22.7 Å². The summed E-state index contributed by atoms with van der Waals surface area (Å²) in [7, 11) is 4.11. The van der Waals surface area contributed by atoms with Crippen molar-refractivity contribution in [1.29, 1.82) is 0 Å². The molecule has 4 heteroatoms. The monoisotopic (exact) mass is 413 g/mol. The molecule has 4 heterocycles. The number of pyridine rings is 1. The largest absolute Gasteiger partial charge is 0.357 e. The lowest BCUT2D eigenvalue weighted by Crippen LogP contribution is -2.25. The lowest BCUT2D eigenvalue weighted by molar-refractivity contribution is -0.671. The van der Waals surface area contributed by atoms with Gasteiger partial charge in [-0.2, -0.15) is 0 Å². The zero-order valence-corrected chi connectivity index (χ0v) is 18.0. The van der Waals surface area contributed by atoms with Gasteiger partial charge in [0.2, 0.25) is 0 Å². The van der Waals surface area contributed by atoms with Gasteiger partial charge in [-0.1, -0.05) is 12.1 Å². The second-order valence-corrected chi connectivity index (χ2v) is 9.08. The minimum absolute atomic E-state index is 1.25. The van der Waals surface area contributed by atoms with E-state index in [9.17, 15) is 0 Å². The summed E-state index contributed by atoms with van der Waals surface area (Å²) < 4.78 is 2.08. The molecule has 2 aliphatic rings. The molecule has 0 bridgehead atoms. The van der Waals surface area contributed by atoms with Gasteiger partial charge < -0.3 is 4.90 Å². The van der Waals surface area contributed by atoms with Crippen molar-refractivity contribution in [3.8, 4) is 0 Å². The molecule has 0 saturated carbocycles. The first-order chi connectivity index (χ1) is 14.2. The fraction of sp³-hybridized carbons (Fsp3) is 0.0800. The molecule has 5 rings (SSSR count). The van der Waals surface area contributed by atoms with Crippen molar-refractivity contribution in [3.63, 3.8) is 0 Å². The Balaban J connectivity index is 1.81. The highest BCUT2D eigenvalue weighted by atomic mass is 32.1. The zero-order valence-electron chi connectivity index (χ0n) is 16.4. The Morgan fingerprint density at radius 1 is 0.828 bits per heavy atom. The van der Waals surface area contributed by atoms with Gasteiger partial charge in [0, 0.05) is 52.5 Å². The lowest BCUT2D eigenvalue weighted by atomic mass is 9.96. The average molecular weight is 414 g/mol. The van der Waals surface area contributed by atoms with E-state index in [1.165, 1.54) is 43.2 Å². The normalized spacial score (nSPS) is 16.2. The summed E-state index contributed by atoms with van der Waals surface area (Å²) in [4.78, 5) is 4.70. The van der Waals surface area contributed by atoms with Crippen LogP contribution in [0.25, 0.3) is 16.7 Å². The Labute approximate surface area is 179 Å². The van der Waals surface area contributed by atoms with Crippen LogP contribution in [-0.2, 0) is 7.05 Å². The quantitative estimate of drug-likeness (QED) is 0.484. The van der Waals surface area contributed by atoms with Crippen LogP contribution in [0.1, 0.15) is 15.3 Å². The molecule has 29 heavy (non-hydrogen) atoms. The van der Waals surface area contributed by atoms with E-state index < -0.39 is 0 Å². The lowest BCUT2D eigenvalue weighted by Gasteiger charge is -2.15. The highest BCUT2D eigenvalue weighted by Crippen LogP contribution is 2.50. The molecule has 0 saturated heterocycles. The Bertz CT molecular complexity index is 1170. The molecule has 1 aliphatic carbocycles. The molecule has 0 aromatic carbocycles. The van der Waals surface area contributed by atoms with Gasteiger partial charge in [0.15, 0.2) is 12.4 Å². The zero-order chi connectivity index (χ0) is 19.8. The van der Waals surface area contributed by atoms with Gasteiger partial charge in [-0.05, 0) is 63.4 Å². The molecule has 0 fully saturated rings. The molecule has 3 aromatic rings. The molecular formula is C25H21N2S2+. The summed E-state index contributed by atoms with van der Waals surface area (Å²) in [6.45, 7) is 0. The Kier molecular flexibility index (Phi) is 4.66. The molecule has 0 spiro atoms. The van der Waals surface area contributed by atoms with Crippen molar-refractivity contribution < 1.29 is 4.57 Å². The van der Waals surface area contributed by atoms with Gasteiger partial charge in [-0.3, -0.25) is 0 Å². The van der Waals surface area contributed by atoms with Crippen LogP contribution in [0.2, 0.25) is 0 Å². The first kappa shape index (κ1) is 18.1. The van der Waals surface area contributed by atoms with Crippen LogP contribution in [0.5, 0.6) is 0 Å². The number of hydrogen-bond donors (Lipinski definition) is 0. The van der Waals surface area contributed by atoms with Crippen LogP contribution in [0.3, 0.4) is 0 Å². The Morgan fingerprint density at radius 2 is 1.45 bits per heavy atom. The van der Waals surface area contributed by atoms with E-state index >= 15 is 0 Å². The number of aromatic nitrogens is 1. The molecule has 0 atom stereocenters. The highest BCUT2D eigenvalue weighted by Gasteiger charge is 2.28. The van der Waals surface area contributed by atoms with Crippen molar-refractivity contribution in [2.24, 2.45) is 7.05 Å². The number of rotatable bonds is 3. The first-order valence-corrected chi connectivity index (χ1v) is 11.3. The van der Waals surface area contributed by atoms with Crippen LogP contribution in [0.15, 0.2) is 101 Å². The highest BCUT2D eigenvalue weighted by molar-refractivity contribution is 7.12. The molecule has 0 unspecified atom stereocenters. The van der Waals surface area contributed by atoms with Crippen molar-refractivity contribution in [3.05, 3.63) is 117 Å². The van der Waals surface area contributed by atoms with Gasteiger partial charge in [-0.15, -0.1) is 22.7 Å². The molecule has 2 nitrogen and oxygen atoms in total. The van der Waals surface area contributed by atoms with Gasteiger partial charge >= 0.3 is 0 Å². The van der Waals surface area contributed by atoms with Crippen molar-refractivity contribution in [2.45, 2.75) is 0 Å². The summed E-state index contributed by atoms with van der Waals surface area (Å²) >= 11 is 3.61. The Morgan fingerprint density at radius 3 is 2.03 bits per heavy atom. The molecule has 1 aliphatic heterocycles. The van der Waals surface area contributed by atoms with Crippen LogP contribution >= 0.6 is 22.7 Å². The second-order valence-electron chi connectivity index (χ2n) is 7.18. The van der Waals surface area contributed by atoms with Crippen molar-refractivity contribution in [1.82, 2.24) is 4.90 Å². The van der Waals surface area contributed by atoms with E-state index in [1.807, 2.05) is 0 Å². The van der Waals surface area contributed by atoms with E-state index in [-0.39, 0.29) is 0 Å². The maximum absolute atomic E-state index is 2.37. The number of thiophene rings is 2. The fourth-order valence-electron chi connectivity index (χ4n) is 3.73. The minimum Gasteiger partial charge on any atom is -0.357 e. The number of allylic oxidation sites excluding steroid dienone is 8. The molecule has 142 valence electrons. The molecule has 0 radical (unpaired) electrons.